The molecule has 0 aliphatic carbocycles. The molecule has 142 valence electrons. The van der Waals surface area contributed by atoms with Crippen LogP contribution in [-0.4, -0.2) is 65.8 Å². The molecule has 0 aromatic carbocycles. The molecule has 1 aromatic rings. The van der Waals surface area contributed by atoms with Crippen LogP contribution >= 0.6 is 0 Å². The monoisotopic (exact) mass is 362 g/mol. The molecule has 0 radical (unpaired) electrons. The number of anilines is 1. The van der Waals surface area contributed by atoms with E-state index in [1.54, 1.807) is 19.3 Å². The molecule has 4 heterocycles. The fraction of sp³-hybridized carbons (Fsp3) is 0.722. The third kappa shape index (κ3) is 3.35. The van der Waals surface area contributed by atoms with Crippen LogP contribution in [0.15, 0.2) is 17.1 Å². The zero-order valence-electron chi connectivity index (χ0n) is 15.2. The number of carbonyl (C=O) groups is 1. The first-order chi connectivity index (χ1) is 12.6. The Kier molecular flexibility index (Phi) is 4.71. The van der Waals surface area contributed by atoms with E-state index in [0.717, 1.165) is 44.5 Å². The van der Waals surface area contributed by atoms with Gasteiger partial charge in [0.15, 0.2) is 5.79 Å². The quantitative estimate of drug-likeness (QED) is 0.756. The summed E-state index contributed by atoms with van der Waals surface area (Å²) in [6.07, 6.45) is 4.85. The third-order valence-electron chi connectivity index (χ3n) is 5.81. The molecular formula is C18H26N4O4. The van der Waals surface area contributed by atoms with E-state index in [-0.39, 0.29) is 17.4 Å². The van der Waals surface area contributed by atoms with Crippen molar-refractivity contribution in [2.45, 2.75) is 31.5 Å². The molecule has 4 rings (SSSR count). The van der Waals surface area contributed by atoms with Gasteiger partial charge >= 0.3 is 0 Å². The Balaban J connectivity index is 1.31. The molecule has 0 bridgehead atoms. The fourth-order valence-corrected chi connectivity index (χ4v) is 4.13. The topological polar surface area (TPSA) is 76.9 Å². The molecule has 1 spiro atoms. The van der Waals surface area contributed by atoms with Crippen LogP contribution in [0.2, 0.25) is 0 Å². The van der Waals surface area contributed by atoms with Crippen LogP contribution in [0.1, 0.15) is 25.7 Å². The van der Waals surface area contributed by atoms with E-state index < -0.39 is 5.79 Å². The van der Waals surface area contributed by atoms with E-state index >= 15 is 0 Å². The Labute approximate surface area is 152 Å². The Morgan fingerprint density at radius 1 is 1.15 bits per heavy atom. The summed E-state index contributed by atoms with van der Waals surface area (Å²) in [5.41, 5.74) is 0.730. The highest BCUT2D eigenvalue weighted by Gasteiger charge is 2.41. The van der Waals surface area contributed by atoms with Gasteiger partial charge in [-0.15, -0.1) is 0 Å². The van der Waals surface area contributed by atoms with Gasteiger partial charge in [-0.05, 0) is 12.8 Å². The maximum absolute atomic E-state index is 12.9. The summed E-state index contributed by atoms with van der Waals surface area (Å²) in [5.74, 6) is -0.128. The average Bonchev–Trinajstić information content (AvgIpc) is 3.12. The number of rotatable bonds is 2. The van der Waals surface area contributed by atoms with Crippen LogP contribution in [0.3, 0.4) is 0 Å². The van der Waals surface area contributed by atoms with Crippen molar-refractivity contribution in [3.8, 4) is 0 Å². The van der Waals surface area contributed by atoms with Gasteiger partial charge in [0.2, 0.25) is 5.91 Å². The lowest BCUT2D eigenvalue weighted by Crippen LogP contribution is -2.50. The van der Waals surface area contributed by atoms with E-state index in [1.165, 1.54) is 4.68 Å². The van der Waals surface area contributed by atoms with Gasteiger partial charge in [-0.2, -0.15) is 5.10 Å². The van der Waals surface area contributed by atoms with Gasteiger partial charge < -0.3 is 19.3 Å². The standard InChI is InChI=1S/C18H26N4O4/c1-20-16(23)12-15(13-19-20)21-6-2-14(3-7-21)17(24)22-8-4-18(5-9-22)25-10-11-26-18/h12-14H,2-11H2,1H3. The van der Waals surface area contributed by atoms with E-state index in [1.807, 2.05) is 4.90 Å². The highest BCUT2D eigenvalue weighted by molar-refractivity contribution is 5.79. The van der Waals surface area contributed by atoms with Gasteiger partial charge in [0.05, 0.1) is 25.1 Å². The zero-order chi connectivity index (χ0) is 18.1. The number of nitrogens with zero attached hydrogens (tertiary/aromatic N) is 4. The molecule has 1 amide bonds. The number of hydrogen-bond donors (Lipinski definition) is 0. The van der Waals surface area contributed by atoms with Gasteiger partial charge in [-0.25, -0.2) is 4.68 Å². The molecule has 3 aliphatic rings. The Morgan fingerprint density at radius 3 is 2.42 bits per heavy atom. The highest BCUT2D eigenvalue weighted by atomic mass is 16.7. The highest BCUT2D eigenvalue weighted by Crippen LogP contribution is 2.32. The van der Waals surface area contributed by atoms with Crippen molar-refractivity contribution in [2.75, 3.05) is 44.3 Å². The number of carbonyl (C=O) groups excluding carboxylic acids is 1. The number of ether oxygens (including phenoxy) is 2. The molecule has 0 N–H and O–H groups in total. The fourth-order valence-electron chi connectivity index (χ4n) is 4.13. The van der Waals surface area contributed by atoms with Crippen molar-refractivity contribution < 1.29 is 14.3 Å². The van der Waals surface area contributed by atoms with Gasteiger partial charge in [0, 0.05) is 58.1 Å². The number of amides is 1. The van der Waals surface area contributed by atoms with Crippen molar-refractivity contribution in [3.05, 3.63) is 22.6 Å². The molecule has 0 atom stereocenters. The molecule has 1 aromatic heterocycles. The normalized spacial score (nSPS) is 23.6. The SMILES string of the molecule is Cn1ncc(N2CCC(C(=O)N3CCC4(CC3)OCCO4)CC2)cc1=O. The summed E-state index contributed by atoms with van der Waals surface area (Å²) in [6, 6.07) is 1.61. The number of hydrogen-bond acceptors (Lipinski definition) is 6. The second-order valence-electron chi connectivity index (χ2n) is 7.37. The number of aromatic nitrogens is 2. The van der Waals surface area contributed by atoms with Crippen LogP contribution in [0.5, 0.6) is 0 Å². The van der Waals surface area contributed by atoms with Gasteiger partial charge in [0.25, 0.3) is 5.56 Å². The van der Waals surface area contributed by atoms with E-state index in [9.17, 15) is 9.59 Å². The third-order valence-corrected chi connectivity index (χ3v) is 5.81. The van der Waals surface area contributed by atoms with Crippen LogP contribution in [0.4, 0.5) is 5.69 Å². The first kappa shape index (κ1) is 17.5. The lowest BCUT2D eigenvalue weighted by molar-refractivity contribution is -0.188. The number of likely N-dealkylation sites (tertiary alicyclic amines) is 1. The molecule has 3 saturated heterocycles. The minimum atomic E-state index is -0.438. The van der Waals surface area contributed by atoms with Crippen molar-refractivity contribution in [3.63, 3.8) is 0 Å². The molecule has 3 aliphatic heterocycles. The Morgan fingerprint density at radius 2 is 1.81 bits per heavy atom. The van der Waals surface area contributed by atoms with E-state index in [4.69, 9.17) is 9.47 Å². The van der Waals surface area contributed by atoms with Crippen molar-refractivity contribution >= 4 is 11.6 Å². The van der Waals surface area contributed by atoms with Crippen LogP contribution in [-0.2, 0) is 21.3 Å². The van der Waals surface area contributed by atoms with Crippen molar-refractivity contribution in [1.82, 2.24) is 14.7 Å². The minimum absolute atomic E-state index is 0.0604. The Hall–Kier alpha value is -1.93. The second-order valence-corrected chi connectivity index (χ2v) is 7.37. The molecule has 3 fully saturated rings. The summed E-state index contributed by atoms with van der Waals surface area (Å²) in [6.45, 7) is 4.27. The van der Waals surface area contributed by atoms with Gasteiger partial charge in [-0.1, -0.05) is 0 Å². The Bertz CT molecular complexity index is 710. The molecule has 26 heavy (non-hydrogen) atoms. The molecular weight excluding hydrogens is 336 g/mol. The number of aryl methyl sites for hydroxylation is 1. The predicted molar refractivity (Wildman–Crippen MR) is 94.9 cm³/mol. The van der Waals surface area contributed by atoms with E-state index in [0.29, 0.717) is 26.3 Å². The molecule has 0 saturated carbocycles. The van der Waals surface area contributed by atoms with Crippen LogP contribution in [0, 0.1) is 5.92 Å². The lowest BCUT2D eigenvalue weighted by Gasteiger charge is -2.40. The summed E-state index contributed by atoms with van der Waals surface area (Å²) in [7, 11) is 1.64. The zero-order valence-corrected chi connectivity index (χ0v) is 15.2. The maximum Gasteiger partial charge on any atom is 0.268 e. The van der Waals surface area contributed by atoms with E-state index in [2.05, 4.69) is 10.00 Å². The maximum atomic E-state index is 12.9. The molecule has 8 heteroatoms. The summed E-state index contributed by atoms with van der Waals surface area (Å²) < 4.78 is 12.8. The largest absolute Gasteiger partial charge is 0.370 e. The summed E-state index contributed by atoms with van der Waals surface area (Å²) in [4.78, 5) is 28.7. The first-order valence-corrected chi connectivity index (χ1v) is 9.41. The van der Waals surface area contributed by atoms with Gasteiger partial charge in [-0.3, -0.25) is 9.59 Å². The minimum Gasteiger partial charge on any atom is -0.370 e. The van der Waals surface area contributed by atoms with Crippen LogP contribution in [0.25, 0.3) is 0 Å². The number of piperidine rings is 2. The summed E-state index contributed by atoms with van der Waals surface area (Å²) in [5, 5.41) is 4.08. The first-order valence-electron chi connectivity index (χ1n) is 9.41. The second kappa shape index (κ2) is 7.00. The van der Waals surface area contributed by atoms with Crippen LogP contribution < -0.4 is 10.5 Å². The lowest BCUT2D eigenvalue weighted by atomic mass is 9.93. The van der Waals surface area contributed by atoms with Gasteiger partial charge in [0.1, 0.15) is 0 Å². The predicted octanol–water partition coefficient (Wildman–Crippen LogP) is 0.362. The molecule has 8 nitrogen and oxygen atoms in total. The summed E-state index contributed by atoms with van der Waals surface area (Å²) >= 11 is 0. The smallest absolute Gasteiger partial charge is 0.268 e. The van der Waals surface area contributed by atoms with Crippen molar-refractivity contribution in [1.29, 1.82) is 0 Å². The van der Waals surface area contributed by atoms with Crippen molar-refractivity contribution in [2.24, 2.45) is 13.0 Å². The molecule has 0 unspecified atom stereocenters. The average molecular weight is 362 g/mol.